The smallest absolute Gasteiger partial charge is 0.0746 e. The molecule has 5 rings (SSSR count). The summed E-state index contributed by atoms with van der Waals surface area (Å²) < 4.78 is 0. The van der Waals surface area contributed by atoms with Crippen LogP contribution in [0.2, 0.25) is 10.0 Å². The third-order valence-electron chi connectivity index (χ3n) is 5.29. The summed E-state index contributed by atoms with van der Waals surface area (Å²) in [6.07, 6.45) is 4.01. The minimum atomic E-state index is 0.653. The van der Waals surface area contributed by atoms with Gasteiger partial charge in [-0.25, -0.2) is 4.98 Å². The molecule has 2 nitrogen and oxygen atoms in total. The number of halogens is 2. The van der Waals surface area contributed by atoms with Crippen molar-refractivity contribution in [3.63, 3.8) is 0 Å². The highest BCUT2D eigenvalue weighted by molar-refractivity contribution is 6.36. The number of rotatable bonds is 4. The van der Waals surface area contributed by atoms with Crippen LogP contribution >= 0.6 is 23.2 Å². The number of hydrogen-bond acceptors (Lipinski definition) is 1. The monoisotopic (exact) mass is 416 g/mol. The largest absolute Gasteiger partial charge is 0.360 e. The first-order chi connectivity index (χ1) is 14.2. The van der Waals surface area contributed by atoms with Crippen molar-refractivity contribution in [2.75, 3.05) is 0 Å². The minimum absolute atomic E-state index is 0.653. The number of nitrogens with one attached hydrogen (secondary N) is 1. The molecule has 29 heavy (non-hydrogen) atoms. The zero-order valence-electron chi connectivity index (χ0n) is 15.6. The van der Waals surface area contributed by atoms with Gasteiger partial charge in [-0.2, -0.15) is 0 Å². The molecule has 5 aromatic rings. The third-order valence-corrected chi connectivity index (χ3v) is 5.84. The van der Waals surface area contributed by atoms with Gasteiger partial charge in [0.25, 0.3) is 0 Å². The average molecular weight is 417 g/mol. The molecule has 0 amide bonds. The maximum absolute atomic E-state index is 6.54. The van der Waals surface area contributed by atoms with Gasteiger partial charge in [0.2, 0.25) is 0 Å². The van der Waals surface area contributed by atoms with E-state index in [9.17, 15) is 0 Å². The van der Waals surface area contributed by atoms with E-state index in [1.54, 1.807) is 0 Å². The molecule has 0 atom stereocenters. The van der Waals surface area contributed by atoms with Crippen LogP contribution in [-0.4, -0.2) is 9.97 Å². The Morgan fingerprint density at radius 2 is 1.59 bits per heavy atom. The van der Waals surface area contributed by atoms with E-state index < -0.39 is 0 Å². The lowest BCUT2D eigenvalue weighted by Gasteiger charge is -2.07. The molecule has 3 aromatic carbocycles. The highest BCUT2D eigenvalue weighted by Crippen LogP contribution is 2.33. The lowest BCUT2D eigenvalue weighted by molar-refractivity contribution is 0.962. The summed E-state index contributed by atoms with van der Waals surface area (Å²) in [5.74, 6) is 0. The predicted molar refractivity (Wildman–Crippen MR) is 123 cm³/mol. The Morgan fingerprint density at radius 3 is 2.45 bits per heavy atom. The molecular weight excluding hydrogens is 399 g/mol. The molecule has 0 spiro atoms. The van der Waals surface area contributed by atoms with E-state index in [4.69, 9.17) is 28.2 Å². The van der Waals surface area contributed by atoms with E-state index in [0.717, 1.165) is 45.9 Å². The number of benzene rings is 3. The molecule has 1 N–H and O–H groups in total. The Hall–Kier alpha value is -2.81. The zero-order chi connectivity index (χ0) is 19.8. The first-order valence-corrected chi connectivity index (χ1v) is 10.3. The standard InChI is InChI=1S/C25H18Cl2N2/c26-18-9-10-19-22(27)14-25(29-24(19)13-18)21-15-28-23-11-8-17(12-20(21)23)7-6-16-4-2-1-3-5-16/h1-5,8-15,28H,6-7H2. The quantitative estimate of drug-likeness (QED) is 0.323. The summed E-state index contributed by atoms with van der Waals surface area (Å²) in [6, 6.07) is 24.7. The van der Waals surface area contributed by atoms with Gasteiger partial charge >= 0.3 is 0 Å². The number of H-pyrrole nitrogens is 1. The van der Waals surface area contributed by atoms with Gasteiger partial charge in [0.05, 0.1) is 16.2 Å². The van der Waals surface area contributed by atoms with Crippen LogP contribution in [0.3, 0.4) is 0 Å². The van der Waals surface area contributed by atoms with Crippen molar-refractivity contribution in [2.24, 2.45) is 0 Å². The summed E-state index contributed by atoms with van der Waals surface area (Å²) in [5, 5.41) is 3.39. The number of fused-ring (bicyclic) bond motifs is 2. The summed E-state index contributed by atoms with van der Waals surface area (Å²) >= 11 is 12.7. The van der Waals surface area contributed by atoms with Crippen molar-refractivity contribution in [3.05, 3.63) is 100 Å². The van der Waals surface area contributed by atoms with E-state index in [1.165, 1.54) is 11.1 Å². The molecule has 2 heterocycles. The van der Waals surface area contributed by atoms with E-state index in [-0.39, 0.29) is 0 Å². The SMILES string of the molecule is Clc1ccc2c(Cl)cc(-c3c[nH]c4ccc(CCc5ccccc5)cc34)nc2c1. The highest BCUT2D eigenvalue weighted by atomic mass is 35.5. The van der Waals surface area contributed by atoms with Gasteiger partial charge in [0.1, 0.15) is 0 Å². The van der Waals surface area contributed by atoms with Crippen LogP contribution in [0, 0.1) is 0 Å². The van der Waals surface area contributed by atoms with Crippen molar-refractivity contribution >= 4 is 45.0 Å². The number of pyridine rings is 1. The zero-order valence-corrected chi connectivity index (χ0v) is 17.1. The molecule has 0 saturated heterocycles. The maximum atomic E-state index is 6.54. The van der Waals surface area contributed by atoms with E-state index in [1.807, 2.05) is 30.5 Å². The van der Waals surface area contributed by atoms with Crippen molar-refractivity contribution < 1.29 is 0 Å². The molecule has 0 radical (unpaired) electrons. The summed E-state index contributed by atoms with van der Waals surface area (Å²) in [5.41, 5.74) is 6.43. The van der Waals surface area contributed by atoms with Crippen LogP contribution in [0.4, 0.5) is 0 Å². The molecular formula is C25H18Cl2N2. The second-order valence-electron chi connectivity index (χ2n) is 7.22. The second kappa shape index (κ2) is 7.55. The van der Waals surface area contributed by atoms with Gasteiger partial charge in [0.15, 0.2) is 0 Å². The summed E-state index contributed by atoms with van der Waals surface area (Å²) in [7, 11) is 0. The second-order valence-corrected chi connectivity index (χ2v) is 8.06. The Morgan fingerprint density at radius 1 is 0.759 bits per heavy atom. The first kappa shape index (κ1) is 18.2. The maximum Gasteiger partial charge on any atom is 0.0746 e. The number of aromatic nitrogens is 2. The van der Waals surface area contributed by atoms with Crippen molar-refractivity contribution in [1.82, 2.24) is 9.97 Å². The van der Waals surface area contributed by atoms with Crippen LogP contribution in [-0.2, 0) is 12.8 Å². The van der Waals surface area contributed by atoms with Crippen LogP contribution in [0.15, 0.2) is 79.0 Å². The van der Waals surface area contributed by atoms with Crippen LogP contribution < -0.4 is 0 Å². The van der Waals surface area contributed by atoms with Gasteiger partial charge in [-0.05, 0) is 60.4 Å². The predicted octanol–water partition coefficient (Wildman–Crippen LogP) is 7.48. The minimum Gasteiger partial charge on any atom is -0.360 e. The fraction of sp³-hybridized carbons (Fsp3) is 0.0800. The molecule has 142 valence electrons. The van der Waals surface area contributed by atoms with Crippen molar-refractivity contribution in [3.8, 4) is 11.3 Å². The number of aromatic amines is 1. The van der Waals surface area contributed by atoms with Crippen molar-refractivity contribution in [2.45, 2.75) is 12.8 Å². The molecule has 0 bridgehead atoms. The lowest BCUT2D eigenvalue weighted by Crippen LogP contribution is -1.91. The van der Waals surface area contributed by atoms with Crippen LogP contribution in [0.5, 0.6) is 0 Å². The van der Waals surface area contributed by atoms with Gasteiger partial charge in [-0.15, -0.1) is 0 Å². The van der Waals surface area contributed by atoms with Crippen LogP contribution in [0.25, 0.3) is 33.1 Å². The normalized spacial score (nSPS) is 11.4. The van der Waals surface area contributed by atoms with Gasteiger partial charge in [-0.3, -0.25) is 0 Å². The van der Waals surface area contributed by atoms with E-state index in [2.05, 4.69) is 53.5 Å². The van der Waals surface area contributed by atoms with Gasteiger partial charge in [-0.1, -0.05) is 59.6 Å². The number of hydrogen-bond donors (Lipinski definition) is 1. The molecule has 2 aromatic heterocycles. The summed E-state index contributed by atoms with van der Waals surface area (Å²) in [6.45, 7) is 0. The first-order valence-electron chi connectivity index (χ1n) is 9.57. The third kappa shape index (κ3) is 3.62. The fourth-order valence-corrected chi connectivity index (χ4v) is 4.20. The molecule has 4 heteroatoms. The van der Waals surface area contributed by atoms with Gasteiger partial charge < -0.3 is 4.98 Å². The molecule has 0 fully saturated rings. The molecule has 0 aliphatic carbocycles. The Bertz CT molecular complexity index is 1320. The molecule has 0 saturated carbocycles. The van der Waals surface area contributed by atoms with Crippen molar-refractivity contribution in [1.29, 1.82) is 0 Å². The average Bonchev–Trinajstić information content (AvgIpc) is 3.16. The van der Waals surface area contributed by atoms with E-state index >= 15 is 0 Å². The lowest BCUT2D eigenvalue weighted by atomic mass is 10.0. The topological polar surface area (TPSA) is 28.7 Å². The summed E-state index contributed by atoms with van der Waals surface area (Å²) in [4.78, 5) is 8.18. The molecule has 0 unspecified atom stereocenters. The van der Waals surface area contributed by atoms with Crippen LogP contribution in [0.1, 0.15) is 11.1 Å². The molecule has 0 aliphatic heterocycles. The Labute approximate surface area is 179 Å². The Kier molecular flexibility index (Phi) is 4.75. The number of nitrogens with zero attached hydrogens (tertiary/aromatic N) is 1. The highest BCUT2D eigenvalue weighted by Gasteiger charge is 2.12. The number of aryl methyl sites for hydroxylation is 2. The van der Waals surface area contributed by atoms with E-state index in [0.29, 0.717) is 10.0 Å². The fourth-order valence-electron chi connectivity index (χ4n) is 3.77. The van der Waals surface area contributed by atoms with Gasteiger partial charge in [0, 0.05) is 33.1 Å². The Balaban J connectivity index is 1.54. The molecule has 0 aliphatic rings.